The van der Waals surface area contributed by atoms with Crippen molar-refractivity contribution in [1.29, 1.82) is 0 Å². The number of H-pyrrole nitrogens is 1. The molecule has 34 valence electrons. The molecule has 0 amide bonds. The summed E-state index contributed by atoms with van der Waals surface area (Å²) in [6, 6.07) is 1.78. The molecule has 1 aromatic rings. The minimum atomic E-state index is 0.623. The number of aryl methyl sites for hydroxylation is 1. The van der Waals surface area contributed by atoms with Crippen LogP contribution in [-0.4, -0.2) is 18.0 Å². The first-order valence-corrected chi connectivity index (χ1v) is 2.06. The van der Waals surface area contributed by atoms with E-state index in [2.05, 4.69) is 10.2 Å². The molecule has 0 fully saturated rings. The van der Waals surface area contributed by atoms with Gasteiger partial charge in [-0.15, -0.1) is 0 Å². The number of rotatable bonds is 0. The molecule has 0 spiro atoms. The highest BCUT2D eigenvalue weighted by Crippen LogP contribution is 1.79. The summed E-state index contributed by atoms with van der Waals surface area (Å²) in [5.41, 5.74) is 1.55. The summed E-state index contributed by atoms with van der Waals surface area (Å²) in [6.07, 6.45) is 0. The third-order valence-corrected chi connectivity index (χ3v) is 0.726. The zero-order valence-electron chi connectivity index (χ0n) is 4.10. The van der Waals surface area contributed by atoms with E-state index in [9.17, 15) is 0 Å². The summed E-state index contributed by atoms with van der Waals surface area (Å²) in [5, 5.41) is 6.36. The standard InChI is InChI=1S/C4H5BN2/c1-3-2-4(5)7-6-3/h2H,1H3,(H,6,7). The lowest BCUT2D eigenvalue weighted by molar-refractivity contribution is 1.06. The summed E-state index contributed by atoms with van der Waals surface area (Å²) in [6.45, 7) is 1.88. The highest BCUT2D eigenvalue weighted by Gasteiger charge is 1.84. The number of hydrogen-bond acceptors (Lipinski definition) is 1. The zero-order chi connectivity index (χ0) is 5.28. The van der Waals surface area contributed by atoms with Crippen LogP contribution in [0.4, 0.5) is 0 Å². The normalized spacial score (nSPS) is 9.29. The van der Waals surface area contributed by atoms with Crippen LogP contribution in [0.1, 0.15) is 5.69 Å². The molecule has 1 heterocycles. The van der Waals surface area contributed by atoms with Gasteiger partial charge < -0.3 is 0 Å². The summed E-state index contributed by atoms with van der Waals surface area (Å²) in [5.74, 6) is 0. The van der Waals surface area contributed by atoms with Crippen molar-refractivity contribution in [2.24, 2.45) is 0 Å². The van der Waals surface area contributed by atoms with E-state index in [1.54, 1.807) is 6.07 Å². The lowest BCUT2D eigenvalue weighted by atomic mass is 10.1. The van der Waals surface area contributed by atoms with Crippen LogP contribution in [0.15, 0.2) is 6.07 Å². The molecular weight excluding hydrogens is 86.9 g/mol. The second kappa shape index (κ2) is 1.41. The first kappa shape index (κ1) is 4.43. The molecule has 0 atom stereocenters. The molecule has 0 aliphatic rings. The van der Waals surface area contributed by atoms with Gasteiger partial charge in [0.2, 0.25) is 0 Å². The zero-order valence-corrected chi connectivity index (χ0v) is 4.10. The van der Waals surface area contributed by atoms with Crippen molar-refractivity contribution >= 4 is 13.4 Å². The monoisotopic (exact) mass is 92.1 g/mol. The van der Waals surface area contributed by atoms with E-state index in [0.717, 1.165) is 5.69 Å². The van der Waals surface area contributed by atoms with Crippen molar-refractivity contribution in [3.8, 4) is 0 Å². The predicted octanol–water partition coefficient (Wildman–Crippen LogP) is -0.488. The quantitative estimate of drug-likeness (QED) is 0.430. The number of aromatic nitrogens is 2. The molecule has 0 saturated heterocycles. The second-order valence-electron chi connectivity index (χ2n) is 1.46. The lowest BCUT2D eigenvalue weighted by Gasteiger charge is -1.68. The van der Waals surface area contributed by atoms with Crippen molar-refractivity contribution in [1.82, 2.24) is 10.2 Å². The molecule has 0 aliphatic carbocycles. The lowest BCUT2D eigenvalue weighted by Crippen LogP contribution is -2.00. The first-order valence-electron chi connectivity index (χ1n) is 2.06. The summed E-state index contributed by atoms with van der Waals surface area (Å²) in [7, 11) is 5.26. The third kappa shape index (κ3) is 0.826. The van der Waals surface area contributed by atoms with Gasteiger partial charge in [-0.3, -0.25) is 5.10 Å². The Morgan fingerprint density at radius 3 is 2.71 bits per heavy atom. The highest BCUT2D eigenvalue weighted by molar-refractivity contribution is 6.30. The number of nitrogens with zero attached hydrogens (tertiary/aromatic N) is 1. The SMILES string of the molecule is [B]c1cc(C)n[nH]1. The van der Waals surface area contributed by atoms with Gasteiger partial charge >= 0.3 is 0 Å². The average molecular weight is 91.9 g/mol. The van der Waals surface area contributed by atoms with Gasteiger partial charge in [0.1, 0.15) is 7.85 Å². The van der Waals surface area contributed by atoms with Crippen molar-refractivity contribution in [3.63, 3.8) is 0 Å². The van der Waals surface area contributed by atoms with Crippen LogP contribution in [0.25, 0.3) is 0 Å². The molecule has 0 saturated carbocycles. The van der Waals surface area contributed by atoms with Crippen LogP contribution in [0.3, 0.4) is 0 Å². The Morgan fingerprint density at radius 2 is 2.57 bits per heavy atom. The first-order chi connectivity index (χ1) is 3.29. The van der Waals surface area contributed by atoms with E-state index in [4.69, 9.17) is 7.85 Å². The number of hydrogen-bond donors (Lipinski definition) is 1. The molecule has 7 heavy (non-hydrogen) atoms. The van der Waals surface area contributed by atoms with Gasteiger partial charge in [-0.2, -0.15) is 5.10 Å². The van der Waals surface area contributed by atoms with E-state index in [-0.39, 0.29) is 0 Å². The fourth-order valence-corrected chi connectivity index (χ4v) is 0.442. The van der Waals surface area contributed by atoms with Gasteiger partial charge in [0.05, 0.1) is 5.69 Å². The molecule has 1 aromatic heterocycles. The van der Waals surface area contributed by atoms with Crippen LogP contribution < -0.4 is 5.59 Å². The Bertz CT molecular complexity index is 142. The molecule has 0 bridgehead atoms. The Labute approximate surface area is 43.3 Å². The van der Waals surface area contributed by atoms with Crippen molar-refractivity contribution in [3.05, 3.63) is 11.8 Å². The largest absolute Gasteiger partial charge is 0.293 e. The van der Waals surface area contributed by atoms with Gasteiger partial charge in [-0.05, 0) is 18.6 Å². The maximum absolute atomic E-state index is 5.26. The highest BCUT2D eigenvalue weighted by atomic mass is 15.1. The van der Waals surface area contributed by atoms with Gasteiger partial charge in [0.25, 0.3) is 0 Å². The Hall–Kier alpha value is -0.725. The Morgan fingerprint density at radius 1 is 1.86 bits per heavy atom. The summed E-state index contributed by atoms with van der Waals surface area (Å²) < 4.78 is 0. The maximum atomic E-state index is 5.26. The predicted molar refractivity (Wildman–Crippen MR) is 28.7 cm³/mol. The molecule has 0 unspecified atom stereocenters. The molecule has 0 aromatic carbocycles. The number of aromatic amines is 1. The Balaban J connectivity index is 3.04. The smallest absolute Gasteiger partial charge is 0.140 e. The molecule has 3 heteroatoms. The van der Waals surface area contributed by atoms with Crippen LogP contribution in [0.2, 0.25) is 0 Å². The maximum Gasteiger partial charge on any atom is 0.140 e. The van der Waals surface area contributed by atoms with Gasteiger partial charge in [0.15, 0.2) is 0 Å². The van der Waals surface area contributed by atoms with E-state index < -0.39 is 0 Å². The van der Waals surface area contributed by atoms with E-state index in [0.29, 0.717) is 5.59 Å². The second-order valence-corrected chi connectivity index (χ2v) is 1.46. The van der Waals surface area contributed by atoms with Crippen LogP contribution >= 0.6 is 0 Å². The molecule has 1 N–H and O–H groups in total. The van der Waals surface area contributed by atoms with Crippen LogP contribution in [0.5, 0.6) is 0 Å². The summed E-state index contributed by atoms with van der Waals surface area (Å²) in [4.78, 5) is 0. The van der Waals surface area contributed by atoms with Crippen molar-refractivity contribution in [2.45, 2.75) is 6.92 Å². The van der Waals surface area contributed by atoms with Crippen LogP contribution in [0, 0.1) is 6.92 Å². The molecule has 2 radical (unpaired) electrons. The molecule has 2 nitrogen and oxygen atoms in total. The topological polar surface area (TPSA) is 28.7 Å². The minimum absolute atomic E-state index is 0.623. The third-order valence-electron chi connectivity index (χ3n) is 0.726. The fraction of sp³-hybridized carbons (Fsp3) is 0.250. The van der Waals surface area contributed by atoms with E-state index in [1.807, 2.05) is 6.92 Å². The Kier molecular flexibility index (Phi) is 0.892. The van der Waals surface area contributed by atoms with Crippen molar-refractivity contribution in [2.75, 3.05) is 0 Å². The average Bonchev–Trinajstić information content (AvgIpc) is 1.87. The fourth-order valence-electron chi connectivity index (χ4n) is 0.442. The van der Waals surface area contributed by atoms with Crippen LogP contribution in [-0.2, 0) is 0 Å². The van der Waals surface area contributed by atoms with E-state index >= 15 is 0 Å². The molecule has 0 aliphatic heterocycles. The van der Waals surface area contributed by atoms with Gasteiger partial charge in [-0.1, -0.05) is 0 Å². The van der Waals surface area contributed by atoms with Gasteiger partial charge in [-0.25, -0.2) is 0 Å². The van der Waals surface area contributed by atoms with Crippen molar-refractivity contribution < 1.29 is 0 Å². The van der Waals surface area contributed by atoms with E-state index in [1.165, 1.54) is 0 Å². The minimum Gasteiger partial charge on any atom is -0.293 e. The van der Waals surface area contributed by atoms with Gasteiger partial charge in [0, 0.05) is 0 Å². The summed E-state index contributed by atoms with van der Waals surface area (Å²) >= 11 is 0. The number of nitrogens with one attached hydrogen (secondary N) is 1. The molecular formula is C4H5BN2. The molecule has 1 rings (SSSR count).